The van der Waals surface area contributed by atoms with Gasteiger partial charge in [0, 0.05) is 12.7 Å². The molecule has 0 spiro atoms. The first-order valence-corrected chi connectivity index (χ1v) is 4.17. The molecule has 0 aliphatic rings. The first-order chi connectivity index (χ1) is 5.79. The normalized spacial score (nSPS) is 12.8. The highest BCUT2D eigenvalue weighted by atomic mass is 15.3. The highest BCUT2D eigenvalue weighted by molar-refractivity contribution is 5.07. The maximum Gasteiger partial charge on any atom is 0.0554 e. The Kier molecular flexibility index (Phi) is 3.05. The first-order valence-electron chi connectivity index (χ1n) is 4.17. The minimum Gasteiger partial charge on any atom is -0.322 e. The van der Waals surface area contributed by atoms with Gasteiger partial charge in [-0.1, -0.05) is 6.08 Å². The zero-order valence-corrected chi connectivity index (χ0v) is 7.40. The van der Waals surface area contributed by atoms with Crippen LogP contribution in [0.25, 0.3) is 0 Å². The molecule has 1 unspecified atom stereocenters. The molecule has 0 aromatic carbocycles. The van der Waals surface area contributed by atoms with Gasteiger partial charge in [-0.05, 0) is 19.4 Å². The van der Waals surface area contributed by atoms with Gasteiger partial charge in [-0.25, -0.2) is 0 Å². The van der Waals surface area contributed by atoms with E-state index in [2.05, 4.69) is 18.6 Å². The summed E-state index contributed by atoms with van der Waals surface area (Å²) in [6.07, 6.45) is 4.41. The lowest BCUT2D eigenvalue weighted by atomic mass is 10.1. The van der Waals surface area contributed by atoms with Crippen molar-refractivity contribution in [3.8, 4) is 0 Å². The lowest BCUT2D eigenvalue weighted by Crippen LogP contribution is -2.15. The van der Waals surface area contributed by atoms with Gasteiger partial charge in [-0.2, -0.15) is 5.10 Å². The average molecular weight is 165 g/mol. The number of nitrogens with two attached hydrogens (primary N) is 1. The van der Waals surface area contributed by atoms with Crippen molar-refractivity contribution in [2.45, 2.75) is 25.9 Å². The quantitative estimate of drug-likeness (QED) is 0.687. The van der Waals surface area contributed by atoms with Crippen molar-refractivity contribution in [2.24, 2.45) is 5.73 Å². The Labute approximate surface area is 72.9 Å². The topological polar surface area (TPSA) is 43.8 Å². The van der Waals surface area contributed by atoms with Crippen LogP contribution in [-0.4, -0.2) is 9.78 Å². The van der Waals surface area contributed by atoms with Gasteiger partial charge < -0.3 is 5.73 Å². The Bertz CT molecular complexity index is 252. The summed E-state index contributed by atoms with van der Waals surface area (Å²) in [5.41, 5.74) is 6.98. The summed E-state index contributed by atoms with van der Waals surface area (Å²) in [7, 11) is 0. The third-order valence-corrected chi connectivity index (χ3v) is 1.85. The molecule has 0 aliphatic heterocycles. The van der Waals surface area contributed by atoms with Crippen LogP contribution in [0.1, 0.15) is 25.1 Å². The summed E-state index contributed by atoms with van der Waals surface area (Å²) >= 11 is 0. The van der Waals surface area contributed by atoms with Gasteiger partial charge >= 0.3 is 0 Å². The lowest BCUT2D eigenvalue weighted by molar-refractivity contribution is 0.573. The van der Waals surface area contributed by atoms with Crippen LogP contribution >= 0.6 is 0 Å². The molecule has 0 aliphatic carbocycles. The zero-order chi connectivity index (χ0) is 8.97. The van der Waals surface area contributed by atoms with Crippen LogP contribution < -0.4 is 5.73 Å². The summed E-state index contributed by atoms with van der Waals surface area (Å²) in [4.78, 5) is 0. The molecule has 66 valence electrons. The van der Waals surface area contributed by atoms with Crippen molar-refractivity contribution in [2.75, 3.05) is 0 Å². The number of nitrogens with zero attached hydrogens (tertiary/aromatic N) is 2. The summed E-state index contributed by atoms with van der Waals surface area (Å²) in [5, 5.41) is 4.14. The fourth-order valence-corrected chi connectivity index (χ4v) is 1.22. The van der Waals surface area contributed by atoms with Gasteiger partial charge in [0.15, 0.2) is 0 Å². The van der Waals surface area contributed by atoms with Crippen LogP contribution in [0.4, 0.5) is 0 Å². The minimum atomic E-state index is 0.0324. The molecule has 1 atom stereocenters. The van der Waals surface area contributed by atoms with Gasteiger partial charge in [-0.3, -0.25) is 4.68 Å². The molecule has 2 N–H and O–H groups in total. The Morgan fingerprint density at radius 3 is 3.17 bits per heavy atom. The lowest BCUT2D eigenvalue weighted by Gasteiger charge is -2.10. The van der Waals surface area contributed by atoms with Gasteiger partial charge in [0.05, 0.1) is 11.7 Å². The van der Waals surface area contributed by atoms with Gasteiger partial charge in [-0.15, -0.1) is 6.58 Å². The van der Waals surface area contributed by atoms with E-state index in [1.807, 2.05) is 16.8 Å². The Morgan fingerprint density at radius 2 is 2.58 bits per heavy atom. The molecule has 12 heavy (non-hydrogen) atoms. The molecule has 0 amide bonds. The molecule has 0 radical (unpaired) electrons. The summed E-state index contributed by atoms with van der Waals surface area (Å²) in [6, 6.07) is 1.99. The Balaban J connectivity index is 2.78. The van der Waals surface area contributed by atoms with Crippen molar-refractivity contribution in [1.82, 2.24) is 9.78 Å². The number of aromatic nitrogens is 2. The van der Waals surface area contributed by atoms with Crippen molar-refractivity contribution in [3.05, 3.63) is 30.6 Å². The molecular formula is C9H15N3. The van der Waals surface area contributed by atoms with Crippen molar-refractivity contribution in [1.29, 1.82) is 0 Å². The minimum absolute atomic E-state index is 0.0324. The van der Waals surface area contributed by atoms with Gasteiger partial charge in [0.25, 0.3) is 0 Å². The molecule has 0 saturated carbocycles. The molecule has 0 fully saturated rings. The van der Waals surface area contributed by atoms with Gasteiger partial charge in [0.2, 0.25) is 0 Å². The summed E-state index contributed by atoms with van der Waals surface area (Å²) < 4.78 is 1.91. The van der Waals surface area contributed by atoms with Crippen LogP contribution in [0, 0.1) is 0 Å². The molecule has 1 heterocycles. The summed E-state index contributed by atoms with van der Waals surface area (Å²) in [5.74, 6) is 0. The number of hydrogen-bond donors (Lipinski definition) is 1. The fraction of sp³-hybridized carbons (Fsp3) is 0.444. The predicted octanol–water partition coefficient (Wildman–Crippen LogP) is 1.48. The number of hydrogen-bond acceptors (Lipinski definition) is 2. The maximum atomic E-state index is 5.89. The number of rotatable bonds is 4. The second-order valence-electron chi connectivity index (χ2n) is 2.70. The van der Waals surface area contributed by atoms with Crippen LogP contribution in [0.15, 0.2) is 24.9 Å². The molecule has 3 nitrogen and oxygen atoms in total. The van der Waals surface area contributed by atoms with E-state index in [1.165, 1.54) is 0 Å². The number of aryl methyl sites for hydroxylation is 1. The highest BCUT2D eigenvalue weighted by Gasteiger charge is 2.08. The molecule has 3 heteroatoms. The molecule has 1 rings (SSSR count). The predicted molar refractivity (Wildman–Crippen MR) is 49.6 cm³/mol. The molecule has 0 saturated heterocycles. The highest BCUT2D eigenvalue weighted by Crippen LogP contribution is 2.13. The SMILES string of the molecule is C=CCC(N)c1ccnn1CC. The van der Waals surface area contributed by atoms with Crippen molar-refractivity contribution < 1.29 is 0 Å². The molecule has 1 aromatic heterocycles. The molecule has 0 bridgehead atoms. The third-order valence-electron chi connectivity index (χ3n) is 1.85. The van der Waals surface area contributed by atoms with Crippen molar-refractivity contribution >= 4 is 0 Å². The van der Waals surface area contributed by atoms with Gasteiger partial charge in [0.1, 0.15) is 0 Å². The van der Waals surface area contributed by atoms with E-state index in [4.69, 9.17) is 5.73 Å². The average Bonchev–Trinajstić information content (AvgIpc) is 2.51. The third kappa shape index (κ3) is 1.74. The Morgan fingerprint density at radius 1 is 1.83 bits per heavy atom. The van der Waals surface area contributed by atoms with Crippen LogP contribution in [0.2, 0.25) is 0 Å². The smallest absolute Gasteiger partial charge is 0.0554 e. The van der Waals surface area contributed by atoms with Crippen LogP contribution in [0.3, 0.4) is 0 Å². The molecular weight excluding hydrogens is 150 g/mol. The van der Waals surface area contributed by atoms with Crippen LogP contribution in [0.5, 0.6) is 0 Å². The van der Waals surface area contributed by atoms with E-state index in [0.29, 0.717) is 0 Å². The second-order valence-corrected chi connectivity index (χ2v) is 2.70. The Hall–Kier alpha value is -1.09. The van der Waals surface area contributed by atoms with E-state index in [1.54, 1.807) is 6.20 Å². The van der Waals surface area contributed by atoms with E-state index >= 15 is 0 Å². The van der Waals surface area contributed by atoms with Crippen molar-refractivity contribution in [3.63, 3.8) is 0 Å². The maximum absolute atomic E-state index is 5.89. The summed E-state index contributed by atoms with van der Waals surface area (Å²) in [6.45, 7) is 6.58. The van der Waals surface area contributed by atoms with E-state index in [0.717, 1.165) is 18.7 Å². The zero-order valence-electron chi connectivity index (χ0n) is 7.40. The standard InChI is InChI=1S/C9H15N3/c1-3-5-8(10)9-6-7-11-12(9)4-2/h3,6-8H,1,4-5,10H2,2H3. The first kappa shape index (κ1) is 9.00. The van der Waals surface area contributed by atoms with E-state index in [9.17, 15) is 0 Å². The van der Waals surface area contributed by atoms with E-state index in [-0.39, 0.29) is 6.04 Å². The fourth-order valence-electron chi connectivity index (χ4n) is 1.22. The largest absolute Gasteiger partial charge is 0.322 e. The van der Waals surface area contributed by atoms with Crippen LogP contribution in [-0.2, 0) is 6.54 Å². The second kappa shape index (κ2) is 4.07. The monoisotopic (exact) mass is 165 g/mol. The van der Waals surface area contributed by atoms with E-state index < -0.39 is 0 Å². The molecule has 1 aromatic rings.